The minimum absolute atomic E-state index is 0.138. The summed E-state index contributed by atoms with van der Waals surface area (Å²) in [6.45, 7) is 5.02. The first-order chi connectivity index (χ1) is 9.86. The van der Waals surface area contributed by atoms with Gasteiger partial charge in [-0.1, -0.05) is 55.1 Å². The third kappa shape index (κ3) is 2.45. The van der Waals surface area contributed by atoms with Crippen molar-refractivity contribution in [1.82, 2.24) is 10.6 Å². The summed E-state index contributed by atoms with van der Waals surface area (Å²) in [6.07, 6.45) is 14.4. The van der Waals surface area contributed by atoms with Crippen LogP contribution in [0.2, 0.25) is 0 Å². The van der Waals surface area contributed by atoms with Gasteiger partial charge in [0.2, 0.25) is 0 Å². The Bertz CT molecular complexity index is 633. The van der Waals surface area contributed by atoms with Gasteiger partial charge in [0.1, 0.15) is 0 Å². The van der Waals surface area contributed by atoms with Crippen LogP contribution in [0.5, 0.6) is 0 Å². The summed E-state index contributed by atoms with van der Waals surface area (Å²) in [7, 11) is 0. The van der Waals surface area contributed by atoms with Crippen molar-refractivity contribution in [2.75, 3.05) is 6.54 Å². The summed E-state index contributed by atoms with van der Waals surface area (Å²) in [6, 6.07) is 8.59. The Morgan fingerprint density at radius 2 is 2.00 bits per heavy atom. The monoisotopic (exact) mass is 262 g/mol. The summed E-state index contributed by atoms with van der Waals surface area (Å²) in [5, 5.41) is 6.76. The normalized spacial score (nSPS) is 26.7. The van der Waals surface area contributed by atoms with Crippen molar-refractivity contribution >= 4 is 6.08 Å². The number of fused-ring (bicyclic) bond motifs is 1. The molecule has 100 valence electrons. The Morgan fingerprint density at radius 1 is 1.10 bits per heavy atom. The average Bonchev–Trinajstić information content (AvgIpc) is 2.59. The molecule has 2 heteroatoms. The van der Waals surface area contributed by atoms with E-state index in [2.05, 4.69) is 65.9 Å². The van der Waals surface area contributed by atoms with E-state index in [0.29, 0.717) is 0 Å². The zero-order valence-corrected chi connectivity index (χ0v) is 11.3. The lowest BCUT2D eigenvalue weighted by Gasteiger charge is -2.26. The first-order valence-electron chi connectivity index (χ1n) is 6.84. The highest BCUT2D eigenvalue weighted by Crippen LogP contribution is 2.32. The third-order valence-corrected chi connectivity index (χ3v) is 3.55. The molecule has 0 aliphatic carbocycles. The predicted octanol–water partition coefficient (Wildman–Crippen LogP) is 3.46. The van der Waals surface area contributed by atoms with Crippen molar-refractivity contribution in [3.05, 3.63) is 89.8 Å². The van der Waals surface area contributed by atoms with Crippen LogP contribution in [-0.2, 0) is 0 Å². The molecule has 1 aromatic carbocycles. The van der Waals surface area contributed by atoms with Gasteiger partial charge >= 0.3 is 0 Å². The predicted molar refractivity (Wildman–Crippen MR) is 84.9 cm³/mol. The van der Waals surface area contributed by atoms with E-state index in [0.717, 1.165) is 12.1 Å². The minimum Gasteiger partial charge on any atom is -0.387 e. The maximum absolute atomic E-state index is 4.19. The van der Waals surface area contributed by atoms with Crippen molar-refractivity contribution in [2.24, 2.45) is 0 Å². The lowest BCUT2D eigenvalue weighted by molar-refractivity contribution is 0.707. The molecule has 0 spiro atoms. The molecule has 2 aliphatic rings. The molecule has 2 N–H and O–H groups in total. The lowest BCUT2D eigenvalue weighted by atomic mass is 9.89. The number of rotatable bonds is 1. The summed E-state index contributed by atoms with van der Waals surface area (Å²) < 4.78 is 0. The van der Waals surface area contributed by atoms with Gasteiger partial charge in [0, 0.05) is 18.3 Å². The van der Waals surface area contributed by atoms with E-state index >= 15 is 0 Å². The van der Waals surface area contributed by atoms with E-state index < -0.39 is 0 Å². The Labute approximate surface area is 119 Å². The number of allylic oxidation sites excluding steroid dienone is 3. The van der Waals surface area contributed by atoms with Crippen LogP contribution >= 0.6 is 0 Å². The highest BCUT2D eigenvalue weighted by Gasteiger charge is 2.21. The van der Waals surface area contributed by atoms with Crippen LogP contribution in [0.15, 0.2) is 78.7 Å². The fourth-order valence-electron chi connectivity index (χ4n) is 2.52. The molecular formula is C18H18N2. The molecule has 2 nitrogen and oxygen atoms in total. The molecular weight excluding hydrogens is 244 g/mol. The highest BCUT2D eigenvalue weighted by atomic mass is 14.9. The molecule has 0 saturated heterocycles. The third-order valence-electron chi connectivity index (χ3n) is 3.55. The molecule has 2 heterocycles. The van der Waals surface area contributed by atoms with Crippen LogP contribution in [-0.4, -0.2) is 6.54 Å². The summed E-state index contributed by atoms with van der Waals surface area (Å²) in [5.74, 6) is 0. The van der Waals surface area contributed by atoms with Crippen LogP contribution in [0.3, 0.4) is 0 Å². The maximum atomic E-state index is 4.19. The summed E-state index contributed by atoms with van der Waals surface area (Å²) in [5.41, 5.74) is 4.73. The van der Waals surface area contributed by atoms with E-state index in [4.69, 9.17) is 0 Å². The second-order valence-electron chi connectivity index (χ2n) is 4.88. The van der Waals surface area contributed by atoms with Crippen LogP contribution < -0.4 is 10.6 Å². The van der Waals surface area contributed by atoms with Crippen molar-refractivity contribution in [3.8, 4) is 0 Å². The molecule has 1 aromatic rings. The largest absolute Gasteiger partial charge is 0.387 e. The molecule has 0 aromatic heterocycles. The van der Waals surface area contributed by atoms with Crippen molar-refractivity contribution < 1.29 is 0 Å². The van der Waals surface area contributed by atoms with Gasteiger partial charge in [-0.15, -0.1) is 0 Å². The fraction of sp³-hybridized carbons (Fsp3) is 0.111. The molecule has 1 unspecified atom stereocenters. The SMILES string of the molecule is C=C1/C=C\C=C/CN/C=C\1C1NC=Cc2ccccc21. The molecule has 0 fully saturated rings. The topological polar surface area (TPSA) is 24.1 Å². The zero-order chi connectivity index (χ0) is 13.8. The maximum Gasteiger partial charge on any atom is 0.0787 e. The second kappa shape index (κ2) is 5.66. The molecule has 0 amide bonds. The smallest absolute Gasteiger partial charge is 0.0787 e. The van der Waals surface area contributed by atoms with Crippen molar-refractivity contribution in [3.63, 3.8) is 0 Å². The number of hydrogen-bond acceptors (Lipinski definition) is 2. The van der Waals surface area contributed by atoms with Gasteiger partial charge in [0.05, 0.1) is 6.04 Å². The van der Waals surface area contributed by atoms with Crippen LogP contribution in [0.1, 0.15) is 17.2 Å². The first-order valence-corrected chi connectivity index (χ1v) is 6.84. The summed E-state index contributed by atoms with van der Waals surface area (Å²) in [4.78, 5) is 0. The molecule has 20 heavy (non-hydrogen) atoms. The van der Waals surface area contributed by atoms with Gasteiger partial charge in [0.25, 0.3) is 0 Å². The fourth-order valence-corrected chi connectivity index (χ4v) is 2.52. The van der Waals surface area contributed by atoms with Crippen LogP contribution in [0.25, 0.3) is 6.08 Å². The number of benzene rings is 1. The molecule has 0 radical (unpaired) electrons. The van der Waals surface area contributed by atoms with Crippen molar-refractivity contribution in [2.45, 2.75) is 6.04 Å². The number of nitrogens with one attached hydrogen (secondary N) is 2. The van der Waals surface area contributed by atoms with Gasteiger partial charge in [-0.05, 0) is 29.0 Å². The quantitative estimate of drug-likeness (QED) is 0.810. The van der Waals surface area contributed by atoms with Crippen LogP contribution in [0.4, 0.5) is 0 Å². The van der Waals surface area contributed by atoms with E-state index in [1.165, 1.54) is 16.7 Å². The van der Waals surface area contributed by atoms with Gasteiger partial charge < -0.3 is 10.6 Å². The molecule has 2 aliphatic heterocycles. The molecule has 0 bridgehead atoms. The van der Waals surface area contributed by atoms with E-state index in [9.17, 15) is 0 Å². The van der Waals surface area contributed by atoms with E-state index in [1.54, 1.807) is 0 Å². The lowest BCUT2D eigenvalue weighted by Crippen LogP contribution is -2.23. The average molecular weight is 262 g/mol. The van der Waals surface area contributed by atoms with Gasteiger partial charge in [-0.2, -0.15) is 0 Å². The second-order valence-corrected chi connectivity index (χ2v) is 4.88. The minimum atomic E-state index is 0.138. The number of hydrogen-bond donors (Lipinski definition) is 2. The molecule has 3 rings (SSSR count). The standard InChI is InChI=1S/C18H18N2/c1-14-7-3-2-6-11-19-13-17(14)18-16-9-5-4-8-15(16)10-12-20-18/h2-10,12-13,18-20H,1,11H2/b6-2-,7-3-,17-13+. The van der Waals surface area contributed by atoms with Gasteiger partial charge in [0.15, 0.2) is 0 Å². The molecule has 1 atom stereocenters. The summed E-state index contributed by atoms with van der Waals surface area (Å²) >= 11 is 0. The Morgan fingerprint density at radius 3 is 2.95 bits per heavy atom. The Balaban J connectivity index is 1.99. The van der Waals surface area contributed by atoms with Gasteiger partial charge in [-0.25, -0.2) is 0 Å². The van der Waals surface area contributed by atoms with E-state index in [1.807, 2.05) is 18.4 Å². The zero-order valence-electron chi connectivity index (χ0n) is 11.3. The van der Waals surface area contributed by atoms with E-state index in [-0.39, 0.29) is 6.04 Å². The first kappa shape index (κ1) is 12.5. The van der Waals surface area contributed by atoms with Gasteiger partial charge in [-0.3, -0.25) is 0 Å². The van der Waals surface area contributed by atoms with Crippen molar-refractivity contribution in [1.29, 1.82) is 0 Å². The highest BCUT2D eigenvalue weighted by molar-refractivity contribution is 5.60. The Hall–Kier alpha value is -2.48. The molecule has 0 saturated carbocycles. The van der Waals surface area contributed by atoms with Crippen LogP contribution in [0, 0.1) is 0 Å². The Kier molecular flexibility index (Phi) is 3.55.